The molecule has 0 saturated heterocycles. The maximum atomic E-state index is 13.4. The number of carbonyl (C=O) groups excluding carboxylic acids is 2. The highest BCUT2D eigenvalue weighted by Crippen LogP contribution is 2.36. The Bertz CT molecular complexity index is 1200. The molecule has 1 N–H and O–H groups in total. The van der Waals surface area contributed by atoms with Gasteiger partial charge in [-0.1, -0.05) is 26.0 Å². The molecule has 2 aromatic carbocycles. The highest BCUT2D eigenvalue weighted by Gasteiger charge is 2.27. The Kier molecular flexibility index (Phi) is 9.36. The van der Waals surface area contributed by atoms with E-state index in [-0.39, 0.29) is 50.5 Å². The number of amides is 2. The molecule has 0 fully saturated rings. The van der Waals surface area contributed by atoms with E-state index >= 15 is 0 Å². The van der Waals surface area contributed by atoms with Crippen molar-refractivity contribution < 1.29 is 31.9 Å². The summed E-state index contributed by atoms with van der Waals surface area (Å²) in [5.74, 6) is 0.240. The Morgan fingerprint density at radius 3 is 2.38 bits per heavy atom. The summed E-state index contributed by atoms with van der Waals surface area (Å²) in [5.41, 5.74) is 1.08. The third kappa shape index (κ3) is 7.82. The van der Waals surface area contributed by atoms with Gasteiger partial charge in [-0.2, -0.15) is 0 Å². The van der Waals surface area contributed by atoms with Crippen LogP contribution in [-0.4, -0.2) is 57.3 Å². The highest BCUT2D eigenvalue weighted by atomic mass is 32.2. The molecule has 3 rings (SSSR count). The number of nitrogens with one attached hydrogen (secondary N) is 1. The molecule has 1 aliphatic rings. The predicted octanol–water partition coefficient (Wildman–Crippen LogP) is 3.29. The Morgan fingerprint density at radius 2 is 1.73 bits per heavy atom. The summed E-state index contributed by atoms with van der Waals surface area (Å²) >= 11 is 0. The van der Waals surface area contributed by atoms with Gasteiger partial charge in [0.25, 0.3) is 0 Å². The number of sulfonamides is 1. The number of benzene rings is 2. The minimum absolute atomic E-state index is 0.0135. The van der Waals surface area contributed by atoms with Crippen LogP contribution in [0.2, 0.25) is 0 Å². The van der Waals surface area contributed by atoms with Crippen molar-refractivity contribution in [3.63, 3.8) is 0 Å². The molecule has 1 aliphatic heterocycles. The van der Waals surface area contributed by atoms with Crippen molar-refractivity contribution in [2.75, 3.05) is 30.4 Å². The van der Waals surface area contributed by atoms with Gasteiger partial charge in [0.15, 0.2) is 11.5 Å². The third-order valence-corrected chi connectivity index (χ3v) is 7.11. The van der Waals surface area contributed by atoms with Crippen LogP contribution in [0.1, 0.15) is 39.2 Å². The quantitative estimate of drug-likeness (QED) is 0.447. The van der Waals surface area contributed by atoms with E-state index in [1.165, 1.54) is 21.3 Å². The first-order valence-corrected chi connectivity index (χ1v) is 14.0. The van der Waals surface area contributed by atoms with Gasteiger partial charge in [0, 0.05) is 32.1 Å². The van der Waals surface area contributed by atoms with Crippen molar-refractivity contribution in [1.29, 1.82) is 0 Å². The summed E-state index contributed by atoms with van der Waals surface area (Å²) in [6.45, 7) is 6.31. The number of rotatable bonds is 12. The molecule has 9 nitrogen and oxygen atoms in total. The Morgan fingerprint density at radius 1 is 1.05 bits per heavy atom. The molecule has 0 radical (unpaired) electrons. The van der Waals surface area contributed by atoms with E-state index in [4.69, 9.17) is 9.47 Å². The number of nitrogens with zero attached hydrogens (tertiary/aromatic N) is 2. The highest BCUT2D eigenvalue weighted by molar-refractivity contribution is 7.92. The van der Waals surface area contributed by atoms with Gasteiger partial charge in [-0.25, -0.2) is 12.8 Å². The van der Waals surface area contributed by atoms with Gasteiger partial charge in [-0.15, -0.1) is 0 Å². The molecule has 0 bridgehead atoms. The molecule has 11 heteroatoms. The standard InChI is InChI=1S/C26H34FN3O6S/c1-18(2)15-28-26(32)19(3)29(16-20-7-9-21(27)10-8-20)25(31)6-5-13-30(37(4,33)34)22-11-12-23-24(14-22)36-17-35-23/h7-12,14,18-19H,5-6,13,15-17H2,1-4H3,(H,28,32)/t19-/m0/s1. The lowest BCUT2D eigenvalue weighted by Crippen LogP contribution is -2.48. The summed E-state index contributed by atoms with van der Waals surface area (Å²) < 4.78 is 50.3. The normalized spacial score (nSPS) is 13.4. The van der Waals surface area contributed by atoms with E-state index in [1.54, 1.807) is 37.3 Å². The molecule has 0 aliphatic carbocycles. The van der Waals surface area contributed by atoms with Crippen molar-refractivity contribution in [1.82, 2.24) is 10.2 Å². The van der Waals surface area contributed by atoms with Gasteiger partial charge in [-0.3, -0.25) is 13.9 Å². The first-order valence-electron chi connectivity index (χ1n) is 12.1. The molecule has 0 unspecified atom stereocenters. The monoisotopic (exact) mass is 535 g/mol. The van der Waals surface area contributed by atoms with Gasteiger partial charge in [0.1, 0.15) is 11.9 Å². The van der Waals surface area contributed by atoms with Crippen LogP contribution in [0.3, 0.4) is 0 Å². The smallest absolute Gasteiger partial charge is 0.242 e. The molecular formula is C26H34FN3O6S. The van der Waals surface area contributed by atoms with Crippen molar-refractivity contribution in [2.24, 2.45) is 5.92 Å². The Balaban J connectivity index is 1.71. The second-order valence-electron chi connectivity index (χ2n) is 9.44. The van der Waals surface area contributed by atoms with Crippen LogP contribution >= 0.6 is 0 Å². The number of ether oxygens (including phenoxy) is 2. The van der Waals surface area contributed by atoms with Crippen molar-refractivity contribution in [3.8, 4) is 11.5 Å². The second kappa shape index (κ2) is 12.3. The Hall–Kier alpha value is -3.34. The summed E-state index contributed by atoms with van der Waals surface area (Å²) in [4.78, 5) is 27.5. The van der Waals surface area contributed by atoms with Crippen LogP contribution in [0.15, 0.2) is 42.5 Å². The van der Waals surface area contributed by atoms with E-state index in [0.717, 1.165) is 6.26 Å². The molecule has 2 amide bonds. The van der Waals surface area contributed by atoms with Gasteiger partial charge >= 0.3 is 0 Å². The van der Waals surface area contributed by atoms with E-state index in [0.29, 0.717) is 29.3 Å². The second-order valence-corrected chi connectivity index (χ2v) is 11.3. The maximum Gasteiger partial charge on any atom is 0.242 e. The minimum atomic E-state index is -3.64. The zero-order chi connectivity index (χ0) is 27.2. The van der Waals surface area contributed by atoms with Gasteiger partial charge in [-0.05, 0) is 49.1 Å². The van der Waals surface area contributed by atoms with Crippen molar-refractivity contribution in [3.05, 3.63) is 53.8 Å². The Labute approximate surface area is 217 Å². The summed E-state index contributed by atoms with van der Waals surface area (Å²) in [7, 11) is -3.64. The summed E-state index contributed by atoms with van der Waals surface area (Å²) in [5, 5.41) is 2.85. The molecule has 0 saturated carbocycles. The van der Waals surface area contributed by atoms with Crippen LogP contribution < -0.4 is 19.1 Å². The fourth-order valence-electron chi connectivity index (χ4n) is 3.87. The van der Waals surface area contributed by atoms with Crippen molar-refractivity contribution >= 4 is 27.5 Å². The van der Waals surface area contributed by atoms with Crippen LogP contribution in [0.5, 0.6) is 11.5 Å². The van der Waals surface area contributed by atoms with Crippen LogP contribution in [0, 0.1) is 11.7 Å². The van der Waals surface area contributed by atoms with Crippen LogP contribution in [0.4, 0.5) is 10.1 Å². The lowest BCUT2D eigenvalue weighted by atomic mass is 10.1. The lowest BCUT2D eigenvalue weighted by molar-refractivity contribution is -0.140. The number of fused-ring (bicyclic) bond motifs is 1. The van der Waals surface area contributed by atoms with Crippen molar-refractivity contribution in [2.45, 2.75) is 46.2 Å². The zero-order valence-corrected chi connectivity index (χ0v) is 22.4. The first-order chi connectivity index (χ1) is 17.5. The molecule has 2 aromatic rings. The van der Waals surface area contributed by atoms with Crippen LogP contribution in [0.25, 0.3) is 0 Å². The molecule has 0 aromatic heterocycles. The average Bonchev–Trinajstić information content (AvgIpc) is 3.31. The number of hydrogen-bond donors (Lipinski definition) is 1. The lowest BCUT2D eigenvalue weighted by Gasteiger charge is -2.29. The third-order valence-electron chi connectivity index (χ3n) is 5.91. The molecule has 37 heavy (non-hydrogen) atoms. The molecule has 202 valence electrons. The summed E-state index contributed by atoms with van der Waals surface area (Å²) in [6, 6.07) is 9.83. The fourth-order valence-corrected chi connectivity index (χ4v) is 4.82. The molecule has 1 heterocycles. The number of anilines is 1. The largest absolute Gasteiger partial charge is 0.454 e. The molecule has 1 atom stereocenters. The van der Waals surface area contributed by atoms with E-state index in [1.807, 2.05) is 13.8 Å². The topological polar surface area (TPSA) is 105 Å². The number of halogens is 1. The SMILES string of the molecule is CC(C)CNC(=O)[C@H](C)N(Cc1ccc(F)cc1)C(=O)CCCN(c1ccc2c(c1)OCO2)S(C)(=O)=O. The van der Waals surface area contributed by atoms with E-state index in [9.17, 15) is 22.4 Å². The predicted molar refractivity (Wildman–Crippen MR) is 138 cm³/mol. The zero-order valence-electron chi connectivity index (χ0n) is 21.6. The number of carbonyl (C=O) groups is 2. The molecular weight excluding hydrogens is 501 g/mol. The summed E-state index contributed by atoms with van der Waals surface area (Å²) in [6.07, 6.45) is 1.33. The average molecular weight is 536 g/mol. The van der Waals surface area contributed by atoms with Gasteiger partial charge in [0.2, 0.25) is 28.6 Å². The first kappa shape index (κ1) is 28.2. The van der Waals surface area contributed by atoms with E-state index < -0.39 is 21.9 Å². The molecule has 0 spiro atoms. The minimum Gasteiger partial charge on any atom is -0.454 e. The number of hydrogen-bond acceptors (Lipinski definition) is 6. The van der Waals surface area contributed by atoms with E-state index in [2.05, 4.69) is 5.32 Å². The van der Waals surface area contributed by atoms with Gasteiger partial charge in [0.05, 0.1) is 11.9 Å². The van der Waals surface area contributed by atoms with Crippen LogP contribution in [-0.2, 0) is 26.2 Å². The van der Waals surface area contributed by atoms with Gasteiger partial charge < -0.3 is 19.7 Å². The fraction of sp³-hybridized carbons (Fsp3) is 0.462. The maximum absolute atomic E-state index is 13.4.